The van der Waals surface area contributed by atoms with Gasteiger partial charge in [-0.3, -0.25) is 9.79 Å². The highest BCUT2D eigenvalue weighted by molar-refractivity contribution is 5.81. The molecule has 2 N–H and O–H groups in total. The third-order valence-corrected chi connectivity index (χ3v) is 5.93. The second-order valence-corrected chi connectivity index (χ2v) is 8.25. The molecular formula is C23H36N4O. The van der Waals surface area contributed by atoms with Gasteiger partial charge in [-0.25, -0.2) is 0 Å². The van der Waals surface area contributed by atoms with Crippen molar-refractivity contribution < 1.29 is 4.79 Å². The summed E-state index contributed by atoms with van der Waals surface area (Å²) in [6.07, 6.45) is 7.81. The van der Waals surface area contributed by atoms with Crippen LogP contribution in [0.2, 0.25) is 0 Å². The second kappa shape index (κ2) is 10.5. The third kappa shape index (κ3) is 5.98. The summed E-state index contributed by atoms with van der Waals surface area (Å²) in [5, 5.41) is 6.89. The van der Waals surface area contributed by atoms with E-state index in [9.17, 15) is 4.79 Å². The van der Waals surface area contributed by atoms with Gasteiger partial charge in [0.1, 0.15) is 0 Å². The molecule has 0 spiro atoms. The Bertz CT molecular complexity index is 649. The van der Waals surface area contributed by atoms with Gasteiger partial charge < -0.3 is 15.5 Å². The zero-order valence-corrected chi connectivity index (χ0v) is 17.5. The summed E-state index contributed by atoms with van der Waals surface area (Å²) >= 11 is 0. The number of likely N-dealkylation sites (tertiary alicyclic amines) is 1. The molecular weight excluding hydrogens is 348 g/mol. The molecule has 28 heavy (non-hydrogen) atoms. The number of benzene rings is 1. The third-order valence-electron chi connectivity index (χ3n) is 5.93. The van der Waals surface area contributed by atoms with Gasteiger partial charge in [-0.2, -0.15) is 0 Å². The molecule has 2 fully saturated rings. The maximum atomic E-state index is 12.8. The van der Waals surface area contributed by atoms with Crippen LogP contribution in [0.25, 0.3) is 0 Å². The lowest BCUT2D eigenvalue weighted by Gasteiger charge is -2.26. The molecule has 5 nitrogen and oxygen atoms in total. The van der Waals surface area contributed by atoms with Crippen LogP contribution in [0.3, 0.4) is 0 Å². The molecule has 0 radical (unpaired) electrons. The van der Waals surface area contributed by atoms with Crippen LogP contribution in [0.15, 0.2) is 29.3 Å². The van der Waals surface area contributed by atoms with E-state index in [0.29, 0.717) is 11.9 Å². The van der Waals surface area contributed by atoms with Crippen LogP contribution in [0.4, 0.5) is 0 Å². The average molecular weight is 385 g/mol. The topological polar surface area (TPSA) is 56.7 Å². The molecule has 5 heteroatoms. The van der Waals surface area contributed by atoms with Crippen LogP contribution in [0.5, 0.6) is 0 Å². The molecule has 1 amide bonds. The van der Waals surface area contributed by atoms with Crippen molar-refractivity contribution in [2.75, 3.05) is 26.2 Å². The first-order valence-electron chi connectivity index (χ1n) is 11.0. The molecule has 154 valence electrons. The van der Waals surface area contributed by atoms with Crippen molar-refractivity contribution in [3.05, 3.63) is 35.4 Å². The molecule has 1 aliphatic carbocycles. The van der Waals surface area contributed by atoms with Crippen LogP contribution < -0.4 is 10.6 Å². The van der Waals surface area contributed by atoms with Crippen LogP contribution in [-0.4, -0.2) is 49.0 Å². The summed E-state index contributed by atoms with van der Waals surface area (Å²) in [5.41, 5.74) is 2.60. The molecule has 0 bridgehead atoms. The molecule has 1 atom stereocenters. The minimum absolute atomic E-state index is 0.268. The molecule has 1 unspecified atom stereocenters. The Balaban J connectivity index is 1.48. The highest BCUT2D eigenvalue weighted by Crippen LogP contribution is 2.26. The average Bonchev–Trinajstić information content (AvgIpc) is 3.18. The molecule has 1 heterocycles. The lowest BCUT2D eigenvalue weighted by Crippen LogP contribution is -2.45. The lowest BCUT2D eigenvalue weighted by molar-refractivity contribution is -0.135. The van der Waals surface area contributed by atoms with Gasteiger partial charge in [0.2, 0.25) is 5.91 Å². The molecule has 1 aromatic rings. The SMILES string of the molecule is CCNC(=NCCc1ccc(C)cc1)NC1CCN(C(=O)C2CCCCC2)C1. The highest BCUT2D eigenvalue weighted by Gasteiger charge is 2.31. The van der Waals surface area contributed by atoms with Gasteiger partial charge in [0.05, 0.1) is 0 Å². The summed E-state index contributed by atoms with van der Waals surface area (Å²) in [7, 11) is 0. The minimum Gasteiger partial charge on any atom is -0.357 e. The smallest absolute Gasteiger partial charge is 0.225 e. The zero-order valence-electron chi connectivity index (χ0n) is 17.5. The molecule has 0 aromatic heterocycles. The van der Waals surface area contributed by atoms with Crippen LogP contribution in [0.1, 0.15) is 56.6 Å². The zero-order chi connectivity index (χ0) is 19.8. The van der Waals surface area contributed by atoms with Gasteiger partial charge in [-0.1, -0.05) is 49.1 Å². The first-order chi connectivity index (χ1) is 13.7. The first kappa shape index (κ1) is 20.7. The molecule has 1 aromatic carbocycles. The molecule has 1 aliphatic heterocycles. The molecule has 1 saturated heterocycles. The number of aliphatic imine (C=N–C) groups is 1. The second-order valence-electron chi connectivity index (χ2n) is 8.25. The maximum Gasteiger partial charge on any atom is 0.225 e. The fourth-order valence-electron chi connectivity index (χ4n) is 4.25. The Kier molecular flexibility index (Phi) is 7.75. The minimum atomic E-state index is 0.268. The maximum absolute atomic E-state index is 12.8. The standard InChI is InChI=1S/C23H36N4O/c1-3-24-23(25-15-13-19-11-9-18(2)10-12-19)26-21-14-16-27(17-21)22(28)20-7-5-4-6-8-20/h9-12,20-21H,3-8,13-17H2,1-2H3,(H2,24,25,26). The summed E-state index contributed by atoms with van der Waals surface area (Å²) < 4.78 is 0. The number of amides is 1. The molecule has 2 aliphatic rings. The number of aryl methyl sites for hydroxylation is 1. The highest BCUT2D eigenvalue weighted by atomic mass is 16.2. The van der Waals surface area contributed by atoms with Crippen LogP contribution in [0, 0.1) is 12.8 Å². The van der Waals surface area contributed by atoms with E-state index in [2.05, 4.69) is 53.6 Å². The van der Waals surface area contributed by atoms with E-state index in [1.807, 2.05) is 0 Å². The summed E-state index contributed by atoms with van der Waals surface area (Å²) in [6, 6.07) is 8.95. The number of rotatable bonds is 6. The number of guanidine groups is 1. The first-order valence-corrected chi connectivity index (χ1v) is 11.0. The predicted molar refractivity (Wildman–Crippen MR) is 116 cm³/mol. The van der Waals surface area contributed by atoms with Crippen molar-refractivity contribution in [3.8, 4) is 0 Å². The van der Waals surface area contributed by atoms with Crippen molar-refractivity contribution >= 4 is 11.9 Å². The van der Waals surface area contributed by atoms with E-state index < -0.39 is 0 Å². The molecule has 1 saturated carbocycles. The number of carbonyl (C=O) groups excluding carboxylic acids is 1. The number of hydrogen-bond acceptors (Lipinski definition) is 2. The summed E-state index contributed by atoms with van der Waals surface area (Å²) in [5.74, 6) is 1.51. The van der Waals surface area contributed by atoms with E-state index in [1.165, 1.54) is 30.4 Å². The van der Waals surface area contributed by atoms with Gasteiger partial charge >= 0.3 is 0 Å². The number of nitrogens with one attached hydrogen (secondary N) is 2. The summed E-state index contributed by atoms with van der Waals surface area (Å²) in [6.45, 7) is 7.47. The quantitative estimate of drug-likeness (QED) is 0.585. The fourth-order valence-corrected chi connectivity index (χ4v) is 4.25. The van der Waals surface area contributed by atoms with Crippen molar-refractivity contribution in [2.45, 2.75) is 64.8 Å². The number of hydrogen-bond donors (Lipinski definition) is 2. The van der Waals surface area contributed by atoms with Gasteiger partial charge in [0.25, 0.3) is 0 Å². The van der Waals surface area contributed by atoms with Gasteiger partial charge in [0, 0.05) is 38.1 Å². The van der Waals surface area contributed by atoms with E-state index in [1.54, 1.807) is 0 Å². The van der Waals surface area contributed by atoms with Crippen LogP contribution in [-0.2, 0) is 11.2 Å². The number of nitrogens with zero attached hydrogens (tertiary/aromatic N) is 2. The normalized spacial score (nSPS) is 21.0. The predicted octanol–water partition coefficient (Wildman–Crippen LogP) is 3.27. The monoisotopic (exact) mass is 384 g/mol. The Hall–Kier alpha value is -2.04. The van der Waals surface area contributed by atoms with Crippen molar-refractivity contribution in [2.24, 2.45) is 10.9 Å². The van der Waals surface area contributed by atoms with Crippen molar-refractivity contribution in [3.63, 3.8) is 0 Å². The van der Waals surface area contributed by atoms with Crippen molar-refractivity contribution in [1.29, 1.82) is 0 Å². The van der Waals surface area contributed by atoms with E-state index >= 15 is 0 Å². The van der Waals surface area contributed by atoms with E-state index in [-0.39, 0.29) is 5.92 Å². The Morgan fingerprint density at radius 1 is 1.14 bits per heavy atom. The lowest BCUT2D eigenvalue weighted by atomic mass is 9.88. The van der Waals surface area contributed by atoms with E-state index in [4.69, 9.17) is 4.99 Å². The molecule has 3 rings (SSSR count). The van der Waals surface area contributed by atoms with Crippen LogP contribution >= 0.6 is 0 Å². The number of carbonyl (C=O) groups is 1. The summed E-state index contributed by atoms with van der Waals surface area (Å²) in [4.78, 5) is 19.6. The largest absolute Gasteiger partial charge is 0.357 e. The Morgan fingerprint density at radius 2 is 1.89 bits per heavy atom. The van der Waals surface area contributed by atoms with Gasteiger partial charge in [-0.05, 0) is 45.1 Å². The van der Waals surface area contributed by atoms with Gasteiger partial charge in [-0.15, -0.1) is 0 Å². The Morgan fingerprint density at radius 3 is 2.61 bits per heavy atom. The Labute approximate surface area is 170 Å². The fraction of sp³-hybridized carbons (Fsp3) is 0.652. The van der Waals surface area contributed by atoms with Crippen molar-refractivity contribution in [1.82, 2.24) is 15.5 Å². The van der Waals surface area contributed by atoms with Gasteiger partial charge in [0.15, 0.2) is 5.96 Å². The van der Waals surface area contributed by atoms with E-state index in [0.717, 1.165) is 57.8 Å².